The Kier molecular flexibility index (Phi) is 19.8. The first-order chi connectivity index (χ1) is 12.8. The van der Waals surface area contributed by atoms with E-state index in [2.05, 4.69) is 10.6 Å². The molecule has 0 fully saturated rings. The number of carbonyl (C=O) groups is 3. The standard InChI is InChI=1S/C17H32N2O6.C2H6.2H2/c1-13(2)15(20)11-25-10-9-23-7-5-18-16(21)12-24-8-6-19-17(22)14(3)4;1-2;;/h13-14H,5-12H2,1-4H3,(H,18,21)(H,19,22);1-2H3;2*1H. The third kappa shape index (κ3) is 19.1. The van der Waals surface area contributed by atoms with Gasteiger partial charge in [0.1, 0.15) is 13.2 Å². The first-order valence-electron chi connectivity index (χ1n) is 9.65. The van der Waals surface area contributed by atoms with Crippen molar-refractivity contribution in [2.75, 3.05) is 52.7 Å². The van der Waals surface area contributed by atoms with Crippen LogP contribution in [-0.4, -0.2) is 70.3 Å². The second-order valence-electron chi connectivity index (χ2n) is 6.13. The van der Waals surface area contributed by atoms with Crippen LogP contribution in [0.2, 0.25) is 0 Å². The van der Waals surface area contributed by atoms with E-state index in [4.69, 9.17) is 14.2 Å². The van der Waals surface area contributed by atoms with Crippen LogP contribution in [0.1, 0.15) is 44.4 Å². The van der Waals surface area contributed by atoms with Crippen LogP contribution in [0.3, 0.4) is 0 Å². The Labute approximate surface area is 166 Å². The highest BCUT2D eigenvalue weighted by molar-refractivity contribution is 5.81. The van der Waals surface area contributed by atoms with Gasteiger partial charge in [-0.05, 0) is 0 Å². The monoisotopic (exact) mass is 394 g/mol. The SMILES string of the molecule is CC.CC(C)C(=O)COCCOCCNC(=O)COCCNC(=O)C(C)C.[HH].[HH]. The highest BCUT2D eigenvalue weighted by Crippen LogP contribution is 1.94. The topological polar surface area (TPSA) is 103 Å². The minimum atomic E-state index is -0.238. The molecule has 0 rings (SSSR count). The van der Waals surface area contributed by atoms with Crippen LogP contribution >= 0.6 is 0 Å². The van der Waals surface area contributed by atoms with Gasteiger partial charge in [0.2, 0.25) is 11.8 Å². The van der Waals surface area contributed by atoms with Crippen molar-refractivity contribution in [2.24, 2.45) is 11.8 Å². The Morgan fingerprint density at radius 2 is 1.26 bits per heavy atom. The van der Waals surface area contributed by atoms with Crippen molar-refractivity contribution < 1.29 is 31.4 Å². The number of hydrogen-bond acceptors (Lipinski definition) is 6. The van der Waals surface area contributed by atoms with Crippen molar-refractivity contribution in [2.45, 2.75) is 41.5 Å². The number of nitrogens with one attached hydrogen (secondary N) is 2. The van der Waals surface area contributed by atoms with Gasteiger partial charge in [0.25, 0.3) is 0 Å². The van der Waals surface area contributed by atoms with Crippen LogP contribution in [0.15, 0.2) is 0 Å². The number of ketones is 1. The summed E-state index contributed by atoms with van der Waals surface area (Å²) in [6.07, 6.45) is 0. The van der Waals surface area contributed by atoms with E-state index in [1.165, 1.54) is 0 Å². The molecule has 0 spiro atoms. The fourth-order valence-electron chi connectivity index (χ4n) is 1.49. The average molecular weight is 395 g/mol. The Morgan fingerprint density at radius 3 is 1.85 bits per heavy atom. The molecule has 0 aliphatic heterocycles. The molecule has 0 heterocycles. The van der Waals surface area contributed by atoms with Crippen LogP contribution in [0.25, 0.3) is 0 Å². The maximum atomic E-state index is 11.5. The van der Waals surface area contributed by atoms with Crippen molar-refractivity contribution >= 4 is 17.6 Å². The first kappa shape index (κ1) is 27.7. The summed E-state index contributed by atoms with van der Waals surface area (Å²) in [5.41, 5.74) is 0. The van der Waals surface area contributed by atoms with Gasteiger partial charge in [-0.1, -0.05) is 41.5 Å². The first-order valence-corrected chi connectivity index (χ1v) is 9.65. The van der Waals surface area contributed by atoms with Gasteiger partial charge >= 0.3 is 0 Å². The van der Waals surface area contributed by atoms with Crippen LogP contribution < -0.4 is 10.6 Å². The van der Waals surface area contributed by atoms with Gasteiger partial charge in [0.15, 0.2) is 5.78 Å². The summed E-state index contributed by atoms with van der Waals surface area (Å²) >= 11 is 0. The van der Waals surface area contributed by atoms with Gasteiger partial charge in [0, 0.05) is 27.8 Å². The zero-order chi connectivity index (χ0) is 21.1. The number of rotatable bonds is 15. The second kappa shape index (κ2) is 19.3. The van der Waals surface area contributed by atoms with E-state index in [9.17, 15) is 14.4 Å². The fourth-order valence-corrected chi connectivity index (χ4v) is 1.49. The molecule has 0 aliphatic rings. The van der Waals surface area contributed by atoms with Gasteiger partial charge in [-0.15, -0.1) is 0 Å². The normalized spacial score (nSPS) is 10.4. The molecule has 8 heteroatoms. The predicted molar refractivity (Wildman–Crippen MR) is 109 cm³/mol. The Bertz CT molecular complexity index is 410. The zero-order valence-electron chi connectivity index (χ0n) is 17.8. The van der Waals surface area contributed by atoms with Crippen LogP contribution in [-0.2, 0) is 28.6 Å². The Morgan fingerprint density at radius 1 is 0.741 bits per heavy atom. The number of amides is 2. The van der Waals surface area contributed by atoms with Crippen molar-refractivity contribution in [1.82, 2.24) is 10.6 Å². The lowest BCUT2D eigenvalue weighted by Gasteiger charge is -2.09. The molecule has 27 heavy (non-hydrogen) atoms. The summed E-state index contributed by atoms with van der Waals surface area (Å²) in [4.78, 5) is 34.1. The number of Topliss-reactive ketones (excluding diaryl/α,β-unsaturated/α-hetero) is 1. The second-order valence-corrected chi connectivity index (χ2v) is 6.13. The fraction of sp³-hybridized carbons (Fsp3) is 0.842. The smallest absolute Gasteiger partial charge is 0.246 e. The summed E-state index contributed by atoms with van der Waals surface area (Å²) in [5, 5.41) is 5.35. The molecule has 0 aromatic carbocycles. The Hall–Kier alpha value is -1.51. The maximum absolute atomic E-state index is 11.5. The summed E-state index contributed by atoms with van der Waals surface area (Å²) in [6.45, 7) is 13.4. The summed E-state index contributed by atoms with van der Waals surface area (Å²) in [7, 11) is 0. The molecule has 2 amide bonds. The molecule has 8 nitrogen and oxygen atoms in total. The molecule has 164 valence electrons. The highest BCUT2D eigenvalue weighted by atomic mass is 16.5. The number of ether oxygens (including phenoxy) is 3. The van der Waals surface area contributed by atoms with E-state index < -0.39 is 0 Å². The third-order valence-corrected chi connectivity index (χ3v) is 3.13. The molecular formula is C19H42N2O6. The van der Waals surface area contributed by atoms with Gasteiger partial charge in [-0.2, -0.15) is 0 Å². The molecular weight excluding hydrogens is 352 g/mol. The van der Waals surface area contributed by atoms with Crippen molar-refractivity contribution in [3.05, 3.63) is 0 Å². The molecule has 0 unspecified atom stereocenters. The lowest BCUT2D eigenvalue weighted by atomic mass is 10.1. The van der Waals surface area contributed by atoms with E-state index in [1.54, 1.807) is 0 Å². The molecule has 0 aromatic rings. The third-order valence-electron chi connectivity index (χ3n) is 3.13. The lowest BCUT2D eigenvalue weighted by Crippen LogP contribution is -2.33. The van der Waals surface area contributed by atoms with Crippen molar-refractivity contribution in [3.63, 3.8) is 0 Å². The largest absolute Gasteiger partial charge is 0.377 e. The molecule has 0 atom stereocenters. The zero-order valence-corrected chi connectivity index (χ0v) is 17.8. The van der Waals surface area contributed by atoms with Crippen LogP contribution in [0.4, 0.5) is 0 Å². The minimum absolute atomic E-state index is 0. The summed E-state index contributed by atoms with van der Waals surface area (Å²) in [5.74, 6) is -0.300. The Balaban J connectivity index is -0.000000755. The van der Waals surface area contributed by atoms with Crippen molar-refractivity contribution in [3.8, 4) is 0 Å². The van der Waals surface area contributed by atoms with E-state index in [0.29, 0.717) is 32.9 Å². The quantitative estimate of drug-likeness (QED) is 0.410. The molecule has 2 N–H and O–H groups in total. The number of hydrogen-bond donors (Lipinski definition) is 2. The summed E-state index contributed by atoms with van der Waals surface area (Å²) in [6, 6.07) is 0. The predicted octanol–water partition coefficient (Wildman–Crippen LogP) is 1.67. The molecule has 0 aliphatic carbocycles. The molecule has 0 radical (unpaired) electrons. The van der Waals surface area contributed by atoms with Gasteiger partial charge in [-0.25, -0.2) is 0 Å². The van der Waals surface area contributed by atoms with E-state index in [-0.39, 0.29) is 52.1 Å². The molecule has 0 aromatic heterocycles. The van der Waals surface area contributed by atoms with Gasteiger partial charge < -0.3 is 24.8 Å². The molecule has 0 saturated heterocycles. The van der Waals surface area contributed by atoms with Gasteiger partial charge in [-0.3, -0.25) is 14.4 Å². The molecule has 0 saturated carbocycles. The highest BCUT2D eigenvalue weighted by Gasteiger charge is 2.07. The van der Waals surface area contributed by atoms with E-state index in [0.717, 1.165) is 0 Å². The van der Waals surface area contributed by atoms with Crippen LogP contribution in [0.5, 0.6) is 0 Å². The van der Waals surface area contributed by atoms with Crippen LogP contribution in [0, 0.1) is 11.8 Å². The minimum Gasteiger partial charge on any atom is -0.377 e. The van der Waals surface area contributed by atoms with Crippen molar-refractivity contribution in [1.29, 1.82) is 0 Å². The average Bonchev–Trinajstić information content (AvgIpc) is 2.64. The van der Waals surface area contributed by atoms with Gasteiger partial charge in [0.05, 0.1) is 26.4 Å². The van der Waals surface area contributed by atoms with E-state index in [1.807, 2.05) is 41.5 Å². The lowest BCUT2D eigenvalue weighted by molar-refractivity contribution is -0.128. The van der Waals surface area contributed by atoms with E-state index >= 15 is 0 Å². The summed E-state index contributed by atoms with van der Waals surface area (Å²) < 4.78 is 15.6. The maximum Gasteiger partial charge on any atom is 0.246 e. The molecule has 0 bridgehead atoms. The number of carbonyl (C=O) groups excluding carboxylic acids is 3.